The van der Waals surface area contributed by atoms with E-state index in [1.54, 1.807) is 20.8 Å². The van der Waals surface area contributed by atoms with E-state index in [9.17, 15) is 14.0 Å². The van der Waals surface area contributed by atoms with Crippen molar-refractivity contribution in [3.63, 3.8) is 0 Å². The highest BCUT2D eigenvalue weighted by molar-refractivity contribution is 9.10. The van der Waals surface area contributed by atoms with Gasteiger partial charge in [-0.2, -0.15) is 0 Å². The number of piperidine rings is 1. The molecule has 0 spiro atoms. The molecular formula is C12H19BrFNO3. The number of ether oxygens (including phenoxy) is 1. The quantitative estimate of drug-likeness (QED) is 0.579. The van der Waals surface area contributed by atoms with Gasteiger partial charge >= 0.3 is 6.09 Å². The van der Waals surface area contributed by atoms with Crippen molar-refractivity contribution < 1.29 is 18.7 Å². The third kappa shape index (κ3) is 3.93. The lowest BCUT2D eigenvalue weighted by Crippen LogP contribution is -2.53. The van der Waals surface area contributed by atoms with E-state index in [0.29, 0.717) is 19.3 Å². The molecule has 18 heavy (non-hydrogen) atoms. The fourth-order valence-electron chi connectivity index (χ4n) is 1.87. The third-order valence-electron chi connectivity index (χ3n) is 2.74. The maximum Gasteiger partial charge on any atom is 0.410 e. The average molecular weight is 324 g/mol. The molecule has 1 saturated heterocycles. The predicted molar refractivity (Wildman–Crippen MR) is 69.7 cm³/mol. The molecular weight excluding hydrogens is 305 g/mol. The number of carbonyl (C=O) groups is 2. The maximum absolute atomic E-state index is 14.5. The van der Waals surface area contributed by atoms with Gasteiger partial charge in [-0.3, -0.25) is 0 Å². The Balaban J connectivity index is 2.69. The van der Waals surface area contributed by atoms with Gasteiger partial charge in [0.15, 0.2) is 0 Å². The average Bonchev–Trinajstić information content (AvgIpc) is 2.25. The molecule has 1 aliphatic heterocycles. The SMILES string of the molecule is CC(C)(C)OC(=O)N1CCC[C@](F)(C(Br)C=O)C1. The summed E-state index contributed by atoms with van der Waals surface area (Å²) in [6.45, 7) is 5.62. The minimum absolute atomic E-state index is 0.115. The predicted octanol–water partition coefficient (Wildman–Crippen LogP) is 2.69. The number of rotatable bonds is 2. The number of amides is 1. The van der Waals surface area contributed by atoms with Crippen molar-refractivity contribution in [2.45, 2.75) is 49.7 Å². The van der Waals surface area contributed by atoms with Crippen LogP contribution >= 0.6 is 15.9 Å². The molecule has 4 nitrogen and oxygen atoms in total. The molecule has 0 aliphatic carbocycles. The number of nitrogens with zero attached hydrogens (tertiary/aromatic N) is 1. The van der Waals surface area contributed by atoms with E-state index in [2.05, 4.69) is 15.9 Å². The lowest BCUT2D eigenvalue weighted by Gasteiger charge is -2.38. The number of alkyl halides is 2. The van der Waals surface area contributed by atoms with Crippen molar-refractivity contribution in [1.82, 2.24) is 4.90 Å². The lowest BCUT2D eigenvalue weighted by molar-refractivity contribution is -0.110. The number of aldehydes is 1. The van der Waals surface area contributed by atoms with Crippen molar-refractivity contribution >= 4 is 28.3 Å². The van der Waals surface area contributed by atoms with E-state index < -0.39 is 22.2 Å². The summed E-state index contributed by atoms with van der Waals surface area (Å²) in [5.74, 6) is 0. The summed E-state index contributed by atoms with van der Waals surface area (Å²) in [6.07, 6.45) is 0.778. The summed E-state index contributed by atoms with van der Waals surface area (Å²) in [7, 11) is 0. The zero-order valence-corrected chi connectivity index (χ0v) is 12.5. The molecule has 0 bridgehead atoms. The first-order chi connectivity index (χ1) is 8.18. The van der Waals surface area contributed by atoms with Gasteiger partial charge in [-0.25, -0.2) is 9.18 Å². The molecule has 1 heterocycles. The summed E-state index contributed by atoms with van der Waals surface area (Å²) < 4.78 is 19.7. The second kappa shape index (κ2) is 5.55. The molecule has 1 rings (SSSR count). The highest BCUT2D eigenvalue weighted by Crippen LogP contribution is 2.32. The van der Waals surface area contributed by atoms with Crippen LogP contribution in [0.1, 0.15) is 33.6 Å². The molecule has 0 aromatic carbocycles. The van der Waals surface area contributed by atoms with Gasteiger partial charge in [-0.05, 0) is 33.6 Å². The Morgan fingerprint density at radius 2 is 2.17 bits per heavy atom. The smallest absolute Gasteiger partial charge is 0.410 e. The van der Waals surface area contributed by atoms with Gasteiger partial charge in [0.1, 0.15) is 22.4 Å². The van der Waals surface area contributed by atoms with Crippen LogP contribution in [-0.2, 0) is 9.53 Å². The molecule has 0 saturated carbocycles. The summed E-state index contributed by atoms with van der Waals surface area (Å²) in [5.41, 5.74) is -2.32. The zero-order chi connectivity index (χ0) is 14.0. The van der Waals surface area contributed by atoms with Gasteiger partial charge in [0.2, 0.25) is 0 Å². The fourth-order valence-corrected chi connectivity index (χ4v) is 2.24. The van der Waals surface area contributed by atoms with Crippen LogP contribution in [0.3, 0.4) is 0 Å². The highest BCUT2D eigenvalue weighted by atomic mass is 79.9. The molecule has 1 fully saturated rings. The third-order valence-corrected chi connectivity index (χ3v) is 3.78. The number of carbonyl (C=O) groups excluding carboxylic acids is 2. The van der Waals surface area contributed by atoms with E-state index in [4.69, 9.17) is 4.74 Å². The summed E-state index contributed by atoms with van der Waals surface area (Å²) in [6, 6.07) is 0. The minimum atomic E-state index is -1.71. The Kier molecular flexibility index (Phi) is 4.75. The molecule has 0 N–H and O–H groups in total. The molecule has 6 heteroatoms. The highest BCUT2D eigenvalue weighted by Gasteiger charge is 2.43. The Labute approximate surface area is 115 Å². The first-order valence-electron chi connectivity index (χ1n) is 5.94. The first-order valence-corrected chi connectivity index (χ1v) is 6.86. The molecule has 1 aliphatic rings. The first kappa shape index (κ1) is 15.4. The maximum atomic E-state index is 14.5. The van der Waals surface area contributed by atoms with Crippen molar-refractivity contribution in [3.05, 3.63) is 0 Å². The zero-order valence-electron chi connectivity index (χ0n) is 10.9. The summed E-state index contributed by atoms with van der Waals surface area (Å²) in [5, 5.41) is 0. The largest absolute Gasteiger partial charge is 0.444 e. The van der Waals surface area contributed by atoms with Crippen LogP contribution in [0, 0.1) is 0 Å². The fraction of sp³-hybridized carbons (Fsp3) is 0.833. The molecule has 1 unspecified atom stereocenters. The van der Waals surface area contributed by atoms with Gasteiger partial charge in [-0.15, -0.1) is 0 Å². The molecule has 2 atom stereocenters. The van der Waals surface area contributed by atoms with E-state index >= 15 is 0 Å². The van der Waals surface area contributed by atoms with Gasteiger partial charge in [0.25, 0.3) is 0 Å². The van der Waals surface area contributed by atoms with Gasteiger partial charge in [0.05, 0.1) is 6.54 Å². The van der Waals surface area contributed by atoms with E-state index in [1.807, 2.05) is 0 Å². The summed E-state index contributed by atoms with van der Waals surface area (Å²) in [4.78, 5) is 23.0. The molecule has 1 amide bonds. The Hall–Kier alpha value is -0.650. The molecule has 0 radical (unpaired) electrons. The van der Waals surface area contributed by atoms with Crippen LogP contribution in [0.15, 0.2) is 0 Å². The number of hydrogen-bond donors (Lipinski definition) is 0. The van der Waals surface area contributed by atoms with Crippen LogP contribution in [0.2, 0.25) is 0 Å². The van der Waals surface area contributed by atoms with Crippen LogP contribution in [0.25, 0.3) is 0 Å². The number of hydrogen-bond acceptors (Lipinski definition) is 3. The van der Waals surface area contributed by atoms with Crippen LogP contribution in [-0.4, -0.2) is 46.5 Å². The normalized spacial score (nSPS) is 26.6. The van der Waals surface area contributed by atoms with Crippen molar-refractivity contribution in [1.29, 1.82) is 0 Å². The van der Waals surface area contributed by atoms with Gasteiger partial charge < -0.3 is 14.4 Å². The molecule has 0 aromatic heterocycles. The van der Waals surface area contributed by atoms with Crippen molar-refractivity contribution in [2.75, 3.05) is 13.1 Å². The van der Waals surface area contributed by atoms with Crippen LogP contribution < -0.4 is 0 Å². The van der Waals surface area contributed by atoms with Gasteiger partial charge in [0, 0.05) is 6.54 Å². The summed E-state index contributed by atoms with van der Waals surface area (Å²) >= 11 is 3.01. The monoisotopic (exact) mass is 323 g/mol. The molecule has 104 valence electrons. The van der Waals surface area contributed by atoms with Crippen LogP contribution in [0.5, 0.6) is 0 Å². The number of likely N-dealkylation sites (tertiary alicyclic amines) is 1. The lowest BCUT2D eigenvalue weighted by atomic mass is 9.92. The van der Waals surface area contributed by atoms with E-state index in [1.165, 1.54) is 4.90 Å². The van der Waals surface area contributed by atoms with E-state index in [-0.39, 0.29) is 13.0 Å². The Bertz CT molecular complexity index is 332. The molecule has 0 aromatic rings. The topological polar surface area (TPSA) is 46.6 Å². The Morgan fingerprint density at radius 3 is 2.67 bits per heavy atom. The Morgan fingerprint density at radius 1 is 1.56 bits per heavy atom. The van der Waals surface area contributed by atoms with Crippen molar-refractivity contribution in [3.8, 4) is 0 Å². The second-order valence-electron chi connectivity index (χ2n) is 5.58. The van der Waals surface area contributed by atoms with Gasteiger partial charge in [-0.1, -0.05) is 15.9 Å². The second-order valence-corrected chi connectivity index (χ2v) is 6.56. The van der Waals surface area contributed by atoms with Crippen molar-refractivity contribution in [2.24, 2.45) is 0 Å². The minimum Gasteiger partial charge on any atom is -0.444 e. The van der Waals surface area contributed by atoms with E-state index in [0.717, 1.165) is 0 Å². The number of halogens is 2. The standard InChI is InChI=1S/C12H19BrFNO3/c1-11(2,3)18-10(17)15-6-4-5-12(14,8-15)9(13)7-16/h7,9H,4-6,8H2,1-3H3/t9?,12-/m1/s1. The van der Waals surface area contributed by atoms with Crippen LogP contribution in [0.4, 0.5) is 9.18 Å².